The number of hydrogen-bond acceptors (Lipinski definition) is 4. The molecule has 0 aromatic heterocycles. The van der Waals surface area contributed by atoms with Crippen molar-refractivity contribution in [3.8, 4) is 5.75 Å². The second-order valence-corrected chi connectivity index (χ2v) is 6.60. The first-order valence-electron chi connectivity index (χ1n) is 7.24. The molecule has 4 nitrogen and oxygen atoms in total. The first-order chi connectivity index (χ1) is 9.76. The minimum absolute atomic E-state index is 0.268. The van der Waals surface area contributed by atoms with Crippen molar-refractivity contribution in [2.75, 3.05) is 19.8 Å². The monoisotopic (exact) mass is 340 g/mol. The summed E-state index contributed by atoms with van der Waals surface area (Å²) in [5.74, 6) is 7.43. The number of ether oxygens (including phenoxy) is 2. The molecule has 1 saturated heterocycles. The Morgan fingerprint density at radius 1 is 1.40 bits per heavy atom. The van der Waals surface area contributed by atoms with Crippen LogP contribution in [-0.4, -0.2) is 25.9 Å². The molecule has 3 rings (SSSR count). The van der Waals surface area contributed by atoms with Crippen molar-refractivity contribution >= 4 is 15.9 Å². The molecule has 0 saturated carbocycles. The van der Waals surface area contributed by atoms with Gasteiger partial charge in [-0.1, -0.05) is 15.9 Å². The van der Waals surface area contributed by atoms with Crippen molar-refractivity contribution in [3.05, 3.63) is 27.7 Å². The Labute approximate surface area is 128 Å². The van der Waals surface area contributed by atoms with Crippen LogP contribution in [0.1, 0.15) is 24.0 Å². The highest BCUT2D eigenvalue weighted by Gasteiger charge is 2.23. The van der Waals surface area contributed by atoms with Gasteiger partial charge in [-0.05, 0) is 48.4 Å². The standard InChI is InChI=1S/C15H21BrN2O2/c16-13-6-11-2-4-20-15(11)12(7-13)8-14(18-17)5-10-1-3-19-9-10/h6-7,10,14,18H,1-5,8-9,17H2. The maximum absolute atomic E-state index is 5.79. The second-order valence-electron chi connectivity index (χ2n) is 5.68. The Kier molecular flexibility index (Phi) is 4.61. The van der Waals surface area contributed by atoms with E-state index >= 15 is 0 Å². The van der Waals surface area contributed by atoms with Gasteiger partial charge in [0, 0.05) is 30.1 Å². The van der Waals surface area contributed by atoms with E-state index in [4.69, 9.17) is 15.3 Å². The Morgan fingerprint density at radius 2 is 2.30 bits per heavy atom. The zero-order valence-electron chi connectivity index (χ0n) is 11.5. The summed E-state index contributed by atoms with van der Waals surface area (Å²) in [6, 6.07) is 4.57. The molecule has 0 spiro atoms. The van der Waals surface area contributed by atoms with Gasteiger partial charge in [0.1, 0.15) is 5.75 Å². The van der Waals surface area contributed by atoms with Gasteiger partial charge < -0.3 is 9.47 Å². The van der Waals surface area contributed by atoms with Crippen molar-refractivity contribution < 1.29 is 9.47 Å². The number of halogens is 1. The zero-order chi connectivity index (χ0) is 13.9. The van der Waals surface area contributed by atoms with E-state index in [-0.39, 0.29) is 6.04 Å². The Bertz CT molecular complexity index is 475. The maximum Gasteiger partial charge on any atom is 0.125 e. The molecule has 20 heavy (non-hydrogen) atoms. The lowest BCUT2D eigenvalue weighted by atomic mass is 9.94. The summed E-state index contributed by atoms with van der Waals surface area (Å²) in [5.41, 5.74) is 5.51. The number of fused-ring (bicyclic) bond motifs is 1. The lowest BCUT2D eigenvalue weighted by Crippen LogP contribution is -2.38. The Balaban J connectivity index is 1.72. The van der Waals surface area contributed by atoms with Crippen LogP contribution in [0.15, 0.2) is 16.6 Å². The fourth-order valence-electron chi connectivity index (χ4n) is 3.15. The first-order valence-corrected chi connectivity index (χ1v) is 8.03. The molecule has 1 aromatic rings. The molecule has 1 fully saturated rings. The minimum Gasteiger partial charge on any atom is -0.493 e. The number of hydrazine groups is 1. The summed E-state index contributed by atoms with van der Waals surface area (Å²) in [7, 11) is 0. The van der Waals surface area contributed by atoms with Crippen molar-refractivity contribution in [2.45, 2.75) is 31.7 Å². The van der Waals surface area contributed by atoms with Crippen LogP contribution in [0.4, 0.5) is 0 Å². The van der Waals surface area contributed by atoms with Crippen LogP contribution < -0.4 is 16.0 Å². The molecule has 0 amide bonds. The molecule has 2 aliphatic heterocycles. The van der Waals surface area contributed by atoms with E-state index in [1.807, 2.05) is 0 Å². The molecule has 0 radical (unpaired) electrons. The molecule has 0 aliphatic carbocycles. The molecule has 2 heterocycles. The van der Waals surface area contributed by atoms with Crippen LogP contribution in [0, 0.1) is 5.92 Å². The van der Waals surface area contributed by atoms with Gasteiger partial charge in [0.25, 0.3) is 0 Å². The Hall–Kier alpha value is -0.620. The van der Waals surface area contributed by atoms with Gasteiger partial charge in [-0.3, -0.25) is 11.3 Å². The second kappa shape index (κ2) is 6.43. The summed E-state index contributed by atoms with van der Waals surface area (Å²) in [6.45, 7) is 2.54. The minimum atomic E-state index is 0.268. The van der Waals surface area contributed by atoms with Crippen LogP contribution in [-0.2, 0) is 17.6 Å². The fraction of sp³-hybridized carbons (Fsp3) is 0.600. The van der Waals surface area contributed by atoms with E-state index in [0.29, 0.717) is 5.92 Å². The molecule has 2 atom stereocenters. The van der Waals surface area contributed by atoms with Crippen LogP contribution in [0.3, 0.4) is 0 Å². The topological polar surface area (TPSA) is 56.5 Å². The number of nitrogens with one attached hydrogen (secondary N) is 1. The molecular formula is C15H21BrN2O2. The molecule has 110 valence electrons. The summed E-state index contributed by atoms with van der Waals surface area (Å²) in [4.78, 5) is 0. The zero-order valence-corrected chi connectivity index (χ0v) is 13.1. The fourth-order valence-corrected chi connectivity index (χ4v) is 3.70. The van der Waals surface area contributed by atoms with Crippen molar-refractivity contribution in [1.29, 1.82) is 0 Å². The highest BCUT2D eigenvalue weighted by atomic mass is 79.9. The molecule has 3 N–H and O–H groups in total. The van der Waals surface area contributed by atoms with E-state index in [9.17, 15) is 0 Å². The molecule has 2 aliphatic rings. The maximum atomic E-state index is 5.79. The molecule has 1 aromatic carbocycles. The smallest absolute Gasteiger partial charge is 0.125 e. The highest BCUT2D eigenvalue weighted by molar-refractivity contribution is 9.10. The van der Waals surface area contributed by atoms with Gasteiger partial charge in [0.05, 0.1) is 6.61 Å². The van der Waals surface area contributed by atoms with Crippen LogP contribution in [0.5, 0.6) is 5.75 Å². The molecule has 2 unspecified atom stereocenters. The van der Waals surface area contributed by atoms with E-state index in [2.05, 4.69) is 33.5 Å². The molecule has 5 heteroatoms. The van der Waals surface area contributed by atoms with Crippen LogP contribution >= 0.6 is 15.9 Å². The lowest BCUT2D eigenvalue weighted by Gasteiger charge is -2.20. The van der Waals surface area contributed by atoms with Gasteiger partial charge in [0.2, 0.25) is 0 Å². The first kappa shape index (κ1) is 14.3. The van der Waals surface area contributed by atoms with E-state index in [0.717, 1.165) is 55.7 Å². The average Bonchev–Trinajstić information content (AvgIpc) is 3.08. The predicted molar refractivity (Wildman–Crippen MR) is 81.7 cm³/mol. The molecule has 0 bridgehead atoms. The van der Waals surface area contributed by atoms with Crippen molar-refractivity contribution in [1.82, 2.24) is 5.43 Å². The van der Waals surface area contributed by atoms with Gasteiger partial charge >= 0.3 is 0 Å². The lowest BCUT2D eigenvalue weighted by molar-refractivity contribution is 0.181. The number of nitrogens with two attached hydrogens (primary N) is 1. The van der Waals surface area contributed by atoms with Crippen LogP contribution in [0.25, 0.3) is 0 Å². The molecular weight excluding hydrogens is 320 g/mol. The average molecular weight is 341 g/mol. The highest BCUT2D eigenvalue weighted by Crippen LogP contribution is 2.34. The number of benzene rings is 1. The van der Waals surface area contributed by atoms with Crippen molar-refractivity contribution in [3.63, 3.8) is 0 Å². The van der Waals surface area contributed by atoms with Gasteiger partial charge in [-0.25, -0.2) is 0 Å². The Morgan fingerprint density at radius 3 is 3.05 bits per heavy atom. The summed E-state index contributed by atoms with van der Waals surface area (Å²) in [5, 5.41) is 0. The predicted octanol–water partition coefficient (Wildman–Crippen LogP) is 2.18. The van der Waals surface area contributed by atoms with Crippen molar-refractivity contribution in [2.24, 2.45) is 11.8 Å². The third-order valence-corrected chi connectivity index (χ3v) is 4.63. The van der Waals surface area contributed by atoms with E-state index in [1.54, 1.807) is 0 Å². The normalized spacial score (nSPS) is 22.6. The summed E-state index contributed by atoms with van der Waals surface area (Å²) in [6.07, 6.45) is 4.09. The SMILES string of the molecule is NNC(Cc1cc(Br)cc2c1OCC2)CC1CCOC1. The van der Waals surface area contributed by atoms with E-state index < -0.39 is 0 Å². The summed E-state index contributed by atoms with van der Waals surface area (Å²) < 4.78 is 12.4. The van der Waals surface area contributed by atoms with Gasteiger partial charge in [-0.2, -0.15) is 0 Å². The van der Waals surface area contributed by atoms with E-state index in [1.165, 1.54) is 11.1 Å². The summed E-state index contributed by atoms with van der Waals surface area (Å²) >= 11 is 3.59. The largest absolute Gasteiger partial charge is 0.493 e. The third kappa shape index (κ3) is 3.17. The quantitative estimate of drug-likeness (QED) is 0.637. The van der Waals surface area contributed by atoms with Gasteiger partial charge in [0.15, 0.2) is 0 Å². The third-order valence-electron chi connectivity index (χ3n) is 4.17. The number of hydrogen-bond donors (Lipinski definition) is 2. The number of rotatable bonds is 5. The van der Waals surface area contributed by atoms with Gasteiger partial charge in [-0.15, -0.1) is 0 Å². The van der Waals surface area contributed by atoms with Crippen LogP contribution in [0.2, 0.25) is 0 Å².